The number of carboxylic acid groups (broad SMARTS) is 1. The van der Waals surface area contributed by atoms with E-state index < -0.39 is 35.5 Å². The Bertz CT molecular complexity index is 401. The molecule has 1 heterocycles. The van der Waals surface area contributed by atoms with Crippen LogP contribution in [0, 0.1) is 0 Å². The minimum Gasteiger partial charge on any atom is -0.480 e. The summed E-state index contributed by atoms with van der Waals surface area (Å²) >= 11 is 0. The van der Waals surface area contributed by atoms with E-state index >= 15 is 0 Å². The van der Waals surface area contributed by atoms with E-state index in [1.165, 1.54) is 0 Å². The van der Waals surface area contributed by atoms with E-state index in [2.05, 4.69) is 0 Å². The Balaban J connectivity index is 2.87. The first-order valence-corrected chi connectivity index (χ1v) is 6.10. The van der Waals surface area contributed by atoms with Gasteiger partial charge < -0.3 is 20.5 Å². The van der Waals surface area contributed by atoms with Crippen LogP contribution in [0.15, 0.2) is 0 Å². The Morgan fingerprint density at radius 2 is 2.05 bits per heavy atom. The molecule has 108 valence electrons. The molecule has 1 fully saturated rings. The normalized spacial score (nSPS) is 24.2. The van der Waals surface area contributed by atoms with Gasteiger partial charge in [0, 0.05) is 6.54 Å². The molecule has 1 saturated heterocycles. The molecule has 0 radical (unpaired) electrons. The molecule has 0 spiro atoms. The van der Waals surface area contributed by atoms with E-state index in [9.17, 15) is 14.4 Å². The number of piperidine rings is 1. The van der Waals surface area contributed by atoms with Crippen LogP contribution >= 0.6 is 0 Å². The molecule has 1 unspecified atom stereocenters. The van der Waals surface area contributed by atoms with Crippen LogP contribution < -0.4 is 5.73 Å². The van der Waals surface area contributed by atoms with Crippen molar-refractivity contribution < 1.29 is 24.2 Å². The molecule has 19 heavy (non-hydrogen) atoms. The average Bonchev–Trinajstić information content (AvgIpc) is 2.21. The van der Waals surface area contributed by atoms with Gasteiger partial charge in [-0.2, -0.15) is 0 Å². The standard InChI is InChI=1S/C12H20N2O5/c1-11(2,3)19-10(18)12(13)5-4-6-14(9(12)17)7-8(15)16/h4-7,13H2,1-3H3,(H,15,16). The second kappa shape index (κ2) is 5.16. The molecular weight excluding hydrogens is 252 g/mol. The number of aliphatic carboxylic acids is 1. The van der Waals surface area contributed by atoms with E-state index in [1.54, 1.807) is 20.8 Å². The Labute approximate surface area is 111 Å². The van der Waals surface area contributed by atoms with Crippen LogP contribution in [0.5, 0.6) is 0 Å². The molecule has 0 aromatic heterocycles. The van der Waals surface area contributed by atoms with E-state index in [1.807, 2.05) is 0 Å². The monoisotopic (exact) mass is 272 g/mol. The highest BCUT2D eigenvalue weighted by atomic mass is 16.6. The number of amides is 1. The first-order chi connectivity index (χ1) is 8.56. The molecule has 1 rings (SSSR count). The van der Waals surface area contributed by atoms with Crippen molar-refractivity contribution in [2.24, 2.45) is 5.73 Å². The van der Waals surface area contributed by atoms with Crippen molar-refractivity contribution in [3.8, 4) is 0 Å². The summed E-state index contributed by atoms with van der Waals surface area (Å²) < 4.78 is 5.15. The van der Waals surface area contributed by atoms with Crippen molar-refractivity contribution in [1.82, 2.24) is 4.90 Å². The highest BCUT2D eigenvalue weighted by Crippen LogP contribution is 2.24. The van der Waals surface area contributed by atoms with Gasteiger partial charge in [0.05, 0.1) is 0 Å². The molecule has 1 atom stereocenters. The number of carbonyl (C=O) groups is 3. The van der Waals surface area contributed by atoms with Gasteiger partial charge in [-0.15, -0.1) is 0 Å². The van der Waals surface area contributed by atoms with Crippen molar-refractivity contribution in [3.05, 3.63) is 0 Å². The van der Waals surface area contributed by atoms with Crippen LogP contribution in [0.25, 0.3) is 0 Å². The van der Waals surface area contributed by atoms with Crippen molar-refractivity contribution >= 4 is 17.8 Å². The molecule has 0 aliphatic carbocycles. The van der Waals surface area contributed by atoms with Gasteiger partial charge in [-0.1, -0.05) is 0 Å². The third kappa shape index (κ3) is 3.66. The summed E-state index contributed by atoms with van der Waals surface area (Å²) in [6, 6.07) is 0. The Morgan fingerprint density at radius 1 is 1.47 bits per heavy atom. The highest BCUT2D eigenvalue weighted by molar-refractivity contribution is 6.08. The zero-order chi connectivity index (χ0) is 14.8. The fraction of sp³-hybridized carbons (Fsp3) is 0.750. The molecule has 1 amide bonds. The lowest BCUT2D eigenvalue weighted by atomic mass is 9.89. The quantitative estimate of drug-likeness (QED) is 0.540. The molecule has 7 nitrogen and oxygen atoms in total. The van der Waals surface area contributed by atoms with Gasteiger partial charge in [0.15, 0.2) is 5.54 Å². The van der Waals surface area contributed by atoms with Crippen molar-refractivity contribution in [2.75, 3.05) is 13.1 Å². The second-order valence-corrected chi connectivity index (χ2v) is 5.70. The predicted octanol–water partition coefficient (Wildman–Crippen LogP) is -0.267. The maximum absolute atomic E-state index is 12.1. The molecular formula is C12H20N2O5. The topological polar surface area (TPSA) is 110 Å². The Kier molecular flexibility index (Phi) is 4.19. The number of nitrogens with zero attached hydrogens (tertiary/aromatic N) is 1. The molecule has 0 aromatic rings. The third-order valence-corrected chi connectivity index (χ3v) is 2.76. The SMILES string of the molecule is CC(C)(C)OC(=O)C1(N)CCCN(CC(=O)O)C1=O. The summed E-state index contributed by atoms with van der Waals surface area (Å²) in [6.45, 7) is 4.86. The number of carbonyl (C=O) groups excluding carboxylic acids is 2. The number of likely N-dealkylation sites (tertiary alicyclic amines) is 1. The summed E-state index contributed by atoms with van der Waals surface area (Å²) in [5.41, 5.74) is 3.33. The van der Waals surface area contributed by atoms with Crippen LogP contribution in [0.4, 0.5) is 0 Å². The lowest BCUT2D eigenvalue weighted by Gasteiger charge is -2.37. The Morgan fingerprint density at radius 3 is 2.53 bits per heavy atom. The fourth-order valence-corrected chi connectivity index (χ4v) is 1.91. The number of hydrogen-bond acceptors (Lipinski definition) is 5. The largest absolute Gasteiger partial charge is 0.480 e. The van der Waals surface area contributed by atoms with Crippen LogP contribution in [0.2, 0.25) is 0 Å². The van der Waals surface area contributed by atoms with Crippen molar-refractivity contribution in [3.63, 3.8) is 0 Å². The first-order valence-electron chi connectivity index (χ1n) is 6.10. The maximum Gasteiger partial charge on any atom is 0.336 e. The second-order valence-electron chi connectivity index (χ2n) is 5.70. The molecule has 3 N–H and O–H groups in total. The molecule has 0 bridgehead atoms. The summed E-state index contributed by atoms with van der Waals surface area (Å²) in [5.74, 6) is -2.63. The van der Waals surface area contributed by atoms with Gasteiger partial charge in [-0.05, 0) is 33.6 Å². The third-order valence-electron chi connectivity index (χ3n) is 2.76. The minimum absolute atomic E-state index is 0.164. The highest BCUT2D eigenvalue weighted by Gasteiger charge is 2.49. The van der Waals surface area contributed by atoms with E-state index in [0.717, 1.165) is 4.90 Å². The van der Waals surface area contributed by atoms with Gasteiger partial charge in [0.2, 0.25) is 0 Å². The summed E-state index contributed by atoms with van der Waals surface area (Å²) in [4.78, 5) is 35.9. The van der Waals surface area contributed by atoms with Gasteiger partial charge in [0.25, 0.3) is 5.91 Å². The molecule has 0 aromatic carbocycles. The number of nitrogens with two attached hydrogens (primary N) is 1. The van der Waals surface area contributed by atoms with Gasteiger partial charge >= 0.3 is 11.9 Å². The first kappa shape index (κ1) is 15.4. The van der Waals surface area contributed by atoms with Crippen molar-refractivity contribution in [2.45, 2.75) is 44.8 Å². The minimum atomic E-state index is -1.78. The number of esters is 1. The van der Waals surface area contributed by atoms with Crippen LogP contribution in [0.1, 0.15) is 33.6 Å². The van der Waals surface area contributed by atoms with E-state index in [-0.39, 0.29) is 13.0 Å². The van der Waals surface area contributed by atoms with Crippen LogP contribution in [-0.4, -0.2) is 52.1 Å². The number of hydrogen-bond donors (Lipinski definition) is 2. The smallest absolute Gasteiger partial charge is 0.336 e. The average molecular weight is 272 g/mol. The van der Waals surface area contributed by atoms with Crippen molar-refractivity contribution in [1.29, 1.82) is 0 Å². The number of rotatable bonds is 3. The fourth-order valence-electron chi connectivity index (χ4n) is 1.91. The zero-order valence-corrected chi connectivity index (χ0v) is 11.4. The van der Waals surface area contributed by atoms with Crippen LogP contribution in [-0.2, 0) is 19.1 Å². The predicted molar refractivity (Wildman–Crippen MR) is 66.2 cm³/mol. The van der Waals surface area contributed by atoms with Gasteiger partial charge in [-0.3, -0.25) is 9.59 Å². The maximum atomic E-state index is 12.1. The molecule has 1 aliphatic rings. The summed E-state index contributed by atoms with van der Waals surface area (Å²) in [6.07, 6.45) is 0.631. The number of carboxylic acids is 1. The lowest BCUT2D eigenvalue weighted by molar-refractivity contribution is -0.170. The van der Waals surface area contributed by atoms with E-state index in [0.29, 0.717) is 6.42 Å². The van der Waals surface area contributed by atoms with Gasteiger partial charge in [-0.25, -0.2) is 4.79 Å². The summed E-state index contributed by atoms with van der Waals surface area (Å²) in [5, 5.41) is 8.73. The molecule has 1 aliphatic heterocycles. The molecule has 0 saturated carbocycles. The van der Waals surface area contributed by atoms with E-state index in [4.69, 9.17) is 15.6 Å². The van der Waals surface area contributed by atoms with Gasteiger partial charge in [0.1, 0.15) is 12.1 Å². The Hall–Kier alpha value is -1.63. The molecule has 7 heteroatoms. The lowest BCUT2D eigenvalue weighted by Crippen LogP contribution is -2.65. The zero-order valence-electron chi connectivity index (χ0n) is 11.4. The number of ether oxygens (including phenoxy) is 1. The summed E-state index contributed by atoms with van der Waals surface area (Å²) in [7, 11) is 0. The van der Waals surface area contributed by atoms with Crippen LogP contribution in [0.3, 0.4) is 0 Å².